The van der Waals surface area contributed by atoms with Crippen LogP contribution in [0.25, 0.3) is 0 Å². The van der Waals surface area contributed by atoms with Gasteiger partial charge < -0.3 is 9.64 Å². The van der Waals surface area contributed by atoms with E-state index in [-0.39, 0.29) is 11.9 Å². The standard InChI is InChI=1S/C14H17F3N4O2/c1-2-23-13(22)21-7-5-11(6-8-21)19-20-12-4-3-10(9-18-12)14(15,16)17/h3-4,9H,2,5-8H2,1H3,(H,18,20). The van der Waals surface area contributed by atoms with Crippen molar-refractivity contribution >= 4 is 17.6 Å². The number of hydrazone groups is 1. The Balaban J connectivity index is 1.86. The number of anilines is 1. The monoisotopic (exact) mass is 330 g/mol. The second kappa shape index (κ2) is 7.30. The molecule has 0 bridgehead atoms. The number of carbonyl (C=O) groups excluding carboxylic acids is 1. The quantitative estimate of drug-likeness (QED) is 0.865. The molecule has 2 rings (SSSR count). The Kier molecular flexibility index (Phi) is 5.41. The Morgan fingerprint density at radius 3 is 2.61 bits per heavy atom. The fourth-order valence-corrected chi connectivity index (χ4v) is 2.04. The summed E-state index contributed by atoms with van der Waals surface area (Å²) in [6.07, 6.45) is -2.84. The predicted molar refractivity (Wildman–Crippen MR) is 78.1 cm³/mol. The molecule has 0 atom stereocenters. The van der Waals surface area contributed by atoms with Crippen molar-refractivity contribution in [3.8, 4) is 0 Å². The van der Waals surface area contributed by atoms with Crippen molar-refractivity contribution in [2.24, 2.45) is 5.10 Å². The van der Waals surface area contributed by atoms with Gasteiger partial charge in [0.15, 0.2) is 0 Å². The number of pyridine rings is 1. The van der Waals surface area contributed by atoms with E-state index in [2.05, 4.69) is 15.5 Å². The lowest BCUT2D eigenvalue weighted by Gasteiger charge is -2.26. The Morgan fingerprint density at radius 2 is 2.09 bits per heavy atom. The molecule has 1 aliphatic rings. The summed E-state index contributed by atoms with van der Waals surface area (Å²) in [5.41, 5.74) is 2.66. The zero-order chi connectivity index (χ0) is 16.9. The molecule has 0 spiro atoms. The van der Waals surface area contributed by atoms with Gasteiger partial charge in [0, 0.05) is 37.8 Å². The van der Waals surface area contributed by atoms with Gasteiger partial charge in [-0.2, -0.15) is 18.3 Å². The van der Waals surface area contributed by atoms with E-state index in [1.807, 2.05) is 0 Å². The minimum absolute atomic E-state index is 0.235. The topological polar surface area (TPSA) is 66.8 Å². The van der Waals surface area contributed by atoms with E-state index in [1.165, 1.54) is 6.07 Å². The number of halogens is 3. The molecule has 126 valence electrons. The van der Waals surface area contributed by atoms with Crippen LogP contribution in [0.1, 0.15) is 25.3 Å². The number of alkyl halides is 3. The van der Waals surface area contributed by atoms with Crippen LogP contribution in [0, 0.1) is 0 Å². The minimum atomic E-state index is -4.41. The van der Waals surface area contributed by atoms with E-state index in [1.54, 1.807) is 11.8 Å². The number of nitrogens with zero attached hydrogens (tertiary/aromatic N) is 3. The number of amides is 1. The molecule has 1 amide bonds. The molecule has 1 aliphatic heterocycles. The molecule has 0 saturated carbocycles. The molecule has 0 aromatic carbocycles. The Morgan fingerprint density at radius 1 is 1.39 bits per heavy atom. The summed E-state index contributed by atoms with van der Waals surface area (Å²) in [5.74, 6) is 0.235. The average molecular weight is 330 g/mol. The van der Waals surface area contributed by atoms with Crippen LogP contribution in [0.15, 0.2) is 23.4 Å². The van der Waals surface area contributed by atoms with Crippen LogP contribution in [0.2, 0.25) is 0 Å². The van der Waals surface area contributed by atoms with E-state index < -0.39 is 11.7 Å². The van der Waals surface area contributed by atoms with Gasteiger partial charge in [0.2, 0.25) is 0 Å². The molecular weight excluding hydrogens is 313 g/mol. The zero-order valence-electron chi connectivity index (χ0n) is 12.6. The average Bonchev–Trinajstić information content (AvgIpc) is 2.53. The predicted octanol–water partition coefficient (Wildman–Crippen LogP) is 3.12. The van der Waals surface area contributed by atoms with Crippen molar-refractivity contribution in [3.63, 3.8) is 0 Å². The van der Waals surface area contributed by atoms with Crippen LogP contribution in [0.4, 0.5) is 23.8 Å². The van der Waals surface area contributed by atoms with E-state index in [4.69, 9.17) is 4.74 Å². The van der Waals surface area contributed by atoms with Gasteiger partial charge >= 0.3 is 12.3 Å². The van der Waals surface area contributed by atoms with Crippen molar-refractivity contribution in [2.45, 2.75) is 25.9 Å². The van der Waals surface area contributed by atoms with E-state index >= 15 is 0 Å². The second-order valence-electron chi connectivity index (χ2n) is 4.91. The van der Waals surface area contributed by atoms with Crippen molar-refractivity contribution in [1.82, 2.24) is 9.88 Å². The van der Waals surface area contributed by atoms with Crippen LogP contribution in [0.5, 0.6) is 0 Å². The van der Waals surface area contributed by atoms with Crippen LogP contribution < -0.4 is 5.43 Å². The summed E-state index contributed by atoms with van der Waals surface area (Å²) >= 11 is 0. The largest absolute Gasteiger partial charge is 0.450 e. The van der Waals surface area contributed by atoms with E-state index in [0.29, 0.717) is 32.5 Å². The third kappa shape index (κ3) is 4.83. The highest BCUT2D eigenvalue weighted by molar-refractivity contribution is 5.87. The van der Waals surface area contributed by atoms with Gasteiger partial charge in [-0.05, 0) is 19.1 Å². The number of aromatic nitrogens is 1. The number of ether oxygens (including phenoxy) is 1. The van der Waals surface area contributed by atoms with Crippen molar-refractivity contribution in [3.05, 3.63) is 23.9 Å². The molecule has 23 heavy (non-hydrogen) atoms. The maximum absolute atomic E-state index is 12.4. The highest BCUT2D eigenvalue weighted by Crippen LogP contribution is 2.28. The molecule has 1 saturated heterocycles. The van der Waals surface area contributed by atoms with Gasteiger partial charge in [-0.1, -0.05) is 0 Å². The van der Waals surface area contributed by atoms with E-state index in [9.17, 15) is 18.0 Å². The number of carbonyl (C=O) groups is 1. The number of nitrogens with one attached hydrogen (secondary N) is 1. The number of likely N-dealkylation sites (tertiary alicyclic amines) is 1. The van der Waals surface area contributed by atoms with E-state index in [0.717, 1.165) is 18.0 Å². The third-order valence-corrected chi connectivity index (χ3v) is 3.29. The number of rotatable bonds is 3. The Labute approximate surface area is 131 Å². The van der Waals surface area contributed by atoms with Gasteiger partial charge in [0.25, 0.3) is 0 Å². The van der Waals surface area contributed by atoms with Gasteiger partial charge in [-0.3, -0.25) is 5.43 Å². The lowest BCUT2D eigenvalue weighted by Crippen LogP contribution is -2.39. The first kappa shape index (κ1) is 17.0. The highest BCUT2D eigenvalue weighted by atomic mass is 19.4. The first-order chi connectivity index (χ1) is 10.9. The van der Waals surface area contributed by atoms with Gasteiger partial charge in [-0.15, -0.1) is 0 Å². The summed E-state index contributed by atoms with van der Waals surface area (Å²) in [4.78, 5) is 16.8. The summed E-state index contributed by atoms with van der Waals surface area (Å²) < 4.78 is 42.2. The first-order valence-corrected chi connectivity index (χ1v) is 7.16. The molecule has 1 aromatic rings. The Hall–Kier alpha value is -2.32. The maximum atomic E-state index is 12.4. The lowest BCUT2D eigenvalue weighted by molar-refractivity contribution is -0.137. The van der Waals surface area contributed by atoms with Crippen molar-refractivity contribution < 1.29 is 22.7 Å². The molecule has 9 heteroatoms. The number of hydrogen-bond donors (Lipinski definition) is 1. The van der Waals surface area contributed by atoms with Crippen LogP contribution in [-0.2, 0) is 10.9 Å². The third-order valence-electron chi connectivity index (χ3n) is 3.29. The summed E-state index contributed by atoms with van der Waals surface area (Å²) in [6.45, 7) is 3.08. The maximum Gasteiger partial charge on any atom is 0.417 e. The number of hydrogen-bond acceptors (Lipinski definition) is 5. The summed E-state index contributed by atoms with van der Waals surface area (Å²) in [7, 11) is 0. The fraction of sp³-hybridized carbons (Fsp3) is 0.500. The molecule has 6 nitrogen and oxygen atoms in total. The Bertz CT molecular complexity index is 562. The molecule has 0 aliphatic carbocycles. The SMILES string of the molecule is CCOC(=O)N1CCC(=NNc2ccc(C(F)(F)F)cn2)CC1. The highest BCUT2D eigenvalue weighted by Gasteiger charge is 2.30. The van der Waals surface area contributed by atoms with Gasteiger partial charge in [-0.25, -0.2) is 9.78 Å². The molecule has 1 N–H and O–H groups in total. The number of piperidine rings is 1. The van der Waals surface area contributed by atoms with Crippen LogP contribution in [-0.4, -0.2) is 41.4 Å². The normalized spacial score (nSPS) is 15.3. The van der Waals surface area contributed by atoms with Gasteiger partial charge in [0.1, 0.15) is 5.82 Å². The minimum Gasteiger partial charge on any atom is -0.450 e. The molecule has 2 heterocycles. The van der Waals surface area contributed by atoms with Gasteiger partial charge in [0.05, 0.1) is 12.2 Å². The molecule has 1 fully saturated rings. The van der Waals surface area contributed by atoms with Crippen molar-refractivity contribution in [2.75, 3.05) is 25.1 Å². The first-order valence-electron chi connectivity index (χ1n) is 7.16. The van der Waals surface area contributed by atoms with Crippen molar-refractivity contribution in [1.29, 1.82) is 0 Å². The summed E-state index contributed by atoms with van der Waals surface area (Å²) in [6, 6.07) is 2.17. The van der Waals surface area contributed by atoms with Crippen LogP contribution >= 0.6 is 0 Å². The smallest absolute Gasteiger partial charge is 0.417 e. The zero-order valence-corrected chi connectivity index (χ0v) is 12.6. The second-order valence-corrected chi connectivity index (χ2v) is 4.91. The fourth-order valence-electron chi connectivity index (χ4n) is 2.04. The molecule has 0 radical (unpaired) electrons. The summed E-state index contributed by atoms with van der Waals surface area (Å²) in [5, 5.41) is 4.13. The molecular formula is C14H17F3N4O2. The molecule has 0 unspecified atom stereocenters. The molecule has 1 aromatic heterocycles. The lowest BCUT2D eigenvalue weighted by atomic mass is 10.1. The van der Waals surface area contributed by atoms with Crippen LogP contribution in [0.3, 0.4) is 0 Å².